The number of fused-ring (bicyclic) bond motifs is 1. The molecular weight excluding hydrogens is 518 g/mol. The zero-order chi connectivity index (χ0) is 28.2. The van der Waals surface area contributed by atoms with E-state index in [4.69, 9.17) is 25.5 Å². The molecule has 1 atom stereocenters. The van der Waals surface area contributed by atoms with Crippen LogP contribution in [0.4, 0.5) is 16.6 Å². The third-order valence-electron chi connectivity index (χ3n) is 8.89. The summed E-state index contributed by atoms with van der Waals surface area (Å²) < 4.78 is 2.25. The van der Waals surface area contributed by atoms with Gasteiger partial charge in [-0.1, -0.05) is 43.2 Å². The number of benzene rings is 1. The lowest BCUT2D eigenvalue weighted by Crippen LogP contribution is -2.42. The van der Waals surface area contributed by atoms with Crippen LogP contribution in [0, 0.1) is 0 Å². The third-order valence-corrected chi connectivity index (χ3v) is 8.89. The summed E-state index contributed by atoms with van der Waals surface area (Å²) in [6.07, 6.45) is 12.1. The average molecular weight is 562 g/mol. The minimum Gasteiger partial charge on any atom is -0.365 e. The number of hydroxylamine groups is 2. The number of nitrogens with zero attached hydrogens (tertiary/aromatic N) is 5. The molecule has 1 aliphatic heterocycles. The number of piperidine rings is 1. The highest BCUT2D eigenvalue weighted by Crippen LogP contribution is 2.34. The Bertz CT molecular complexity index is 1290. The molecule has 1 amide bonds. The van der Waals surface area contributed by atoms with Crippen LogP contribution in [-0.4, -0.2) is 61.9 Å². The number of amides is 1. The van der Waals surface area contributed by atoms with Gasteiger partial charge in [0.2, 0.25) is 5.95 Å². The van der Waals surface area contributed by atoms with E-state index >= 15 is 0 Å². The normalized spacial score (nSPS) is 23.4. The van der Waals surface area contributed by atoms with Crippen molar-refractivity contribution >= 4 is 29.0 Å². The van der Waals surface area contributed by atoms with E-state index in [0.717, 1.165) is 73.9 Å². The van der Waals surface area contributed by atoms with Crippen LogP contribution in [0.5, 0.6) is 0 Å². The topological polar surface area (TPSA) is 135 Å². The second-order valence-electron chi connectivity index (χ2n) is 11.9. The molecule has 1 saturated heterocycles. The lowest BCUT2D eigenvalue weighted by atomic mass is 9.92. The Morgan fingerprint density at radius 3 is 2.39 bits per heavy atom. The van der Waals surface area contributed by atoms with Crippen molar-refractivity contribution in [1.29, 1.82) is 0 Å². The van der Waals surface area contributed by atoms with Crippen LogP contribution in [0.15, 0.2) is 36.7 Å². The number of hydrogen-bond donors (Lipinski definition) is 4. The van der Waals surface area contributed by atoms with Gasteiger partial charge in [-0.3, -0.25) is 0 Å². The van der Waals surface area contributed by atoms with E-state index in [1.165, 1.54) is 12.8 Å². The Hall–Kier alpha value is -3.44. The first-order chi connectivity index (χ1) is 20.0. The fourth-order valence-corrected chi connectivity index (χ4v) is 6.41. The van der Waals surface area contributed by atoms with Gasteiger partial charge in [-0.15, -0.1) is 5.06 Å². The van der Waals surface area contributed by atoms with Gasteiger partial charge in [-0.2, -0.15) is 9.97 Å². The fourth-order valence-electron chi connectivity index (χ4n) is 6.41. The van der Waals surface area contributed by atoms with Gasteiger partial charge in [0.05, 0.1) is 12.4 Å². The van der Waals surface area contributed by atoms with Crippen LogP contribution in [0.1, 0.15) is 88.8 Å². The molecule has 2 aromatic heterocycles. The van der Waals surface area contributed by atoms with Gasteiger partial charge in [0.15, 0.2) is 17.0 Å². The van der Waals surface area contributed by atoms with Gasteiger partial charge in [0.25, 0.3) is 0 Å². The molecule has 1 aromatic carbocycles. The Morgan fingerprint density at radius 2 is 1.66 bits per heavy atom. The average Bonchev–Trinajstić information content (AvgIpc) is 3.66. The summed E-state index contributed by atoms with van der Waals surface area (Å²) in [6, 6.07) is 11.0. The molecule has 2 aliphatic carbocycles. The number of imidazole rings is 1. The number of hydrogen-bond acceptors (Lipinski definition) is 9. The van der Waals surface area contributed by atoms with E-state index in [0.29, 0.717) is 37.2 Å². The first-order valence-corrected chi connectivity index (χ1v) is 15.3. The first kappa shape index (κ1) is 27.7. The highest BCUT2D eigenvalue weighted by molar-refractivity contribution is 5.84. The Kier molecular flexibility index (Phi) is 8.52. The summed E-state index contributed by atoms with van der Waals surface area (Å²) in [7, 11) is 0. The standard InChI is InChI=1S/C30H43N9O2/c1-20(21-7-3-2-4-8-21)33-30(40)41-38-17-15-24(16-18-38)34-27-26-28(39(19-32-26)25-9-5-6-10-25)37-29(36-27)35-23-13-11-22(31)12-14-23/h2-4,7-8,19-20,22-25H,5-6,9-18,31H2,1H3,(H,33,40)(H2,34,35,36,37)/t20-,22-,23-/m1/s1. The largest absolute Gasteiger partial charge is 0.426 e. The monoisotopic (exact) mass is 561 g/mol. The van der Waals surface area contributed by atoms with Gasteiger partial charge in [0.1, 0.15) is 0 Å². The maximum Gasteiger partial charge on any atom is 0.426 e. The number of aromatic nitrogens is 4. The highest BCUT2D eigenvalue weighted by atomic mass is 16.7. The molecule has 11 nitrogen and oxygen atoms in total. The van der Waals surface area contributed by atoms with Crippen molar-refractivity contribution in [3.05, 3.63) is 42.2 Å². The smallest absolute Gasteiger partial charge is 0.365 e. The molecule has 5 N–H and O–H groups in total. The molecule has 2 saturated carbocycles. The van der Waals surface area contributed by atoms with Crippen molar-refractivity contribution in [2.75, 3.05) is 23.7 Å². The molecule has 0 bridgehead atoms. The quantitative estimate of drug-likeness (QED) is 0.303. The minimum absolute atomic E-state index is 0.125. The van der Waals surface area contributed by atoms with E-state index in [2.05, 4.69) is 20.5 Å². The molecule has 0 spiro atoms. The molecule has 220 valence electrons. The maximum absolute atomic E-state index is 12.5. The lowest BCUT2D eigenvalue weighted by Gasteiger charge is -2.31. The molecule has 3 heterocycles. The number of nitrogens with one attached hydrogen (secondary N) is 3. The third kappa shape index (κ3) is 6.73. The molecule has 0 radical (unpaired) electrons. The lowest BCUT2D eigenvalue weighted by molar-refractivity contribution is -0.113. The maximum atomic E-state index is 12.5. The van der Waals surface area contributed by atoms with Gasteiger partial charge >= 0.3 is 6.09 Å². The summed E-state index contributed by atoms with van der Waals surface area (Å²) in [5.74, 6) is 1.43. The number of rotatable bonds is 8. The van der Waals surface area contributed by atoms with E-state index in [1.807, 2.05) is 43.6 Å². The number of carbonyl (C=O) groups is 1. The summed E-state index contributed by atoms with van der Waals surface area (Å²) in [6.45, 7) is 3.24. The van der Waals surface area contributed by atoms with Crippen molar-refractivity contribution in [3.63, 3.8) is 0 Å². The Balaban J connectivity index is 1.10. The van der Waals surface area contributed by atoms with Crippen molar-refractivity contribution in [3.8, 4) is 0 Å². The van der Waals surface area contributed by atoms with Crippen molar-refractivity contribution in [2.45, 2.75) is 101 Å². The van der Waals surface area contributed by atoms with Crippen molar-refractivity contribution in [1.82, 2.24) is 29.9 Å². The van der Waals surface area contributed by atoms with E-state index in [-0.39, 0.29) is 12.1 Å². The zero-order valence-corrected chi connectivity index (χ0v) is 24.0. The second-order valence-corrected chi connectivity index (χ2v) is 11.9. The van der Waals surface area contributed by atoms with Crippen LogP contribution in [0.3, 0.4) is 0 Å². The molecule has 3 fully saturated rings. The second kappa shape index (κ2) is 12.6. The number of carbonyl (C=O) groups excluding carboxylic acids is 1. The van der Waals surface area contributed by atoms with Crippen LogP contribution in [0.2, 0.25) is 0 Å². The molecular formula is C30H43N9O2. The predicted molar refractivity (Wildman–Crippen MR) is 159 cm³/mol. The molecule has 3 aliphatic rings. The molecule has 3 aromatic rings. The van der Waals surface area contributed by atoms with Crippen LogP contribution in [0.25, 0.3) is 11.2 Å². The van der Waals surface area contributed by atoms with E-state index in [9.17, 15) is 4.79 Å². The van der Waals surface area contributed by atoms with Gasteiger partial charge in [0, 0.05) is 37.3 Å². The Labute approximate surface area is 241 Å². The fraction of sp³-hybridized carbons (Fsp3) is 0.600. The van der Waals surface area contributed by atoms with Crippen molar-refractivity contribution in [2.24, 2.45) is 5.73 Å². The molecule has 6 rings (SSSR count). The van der Waals surface area contributed by atoms with E-state index < -0.39 is 6.09 Å². The molecule has 11 heteroatoms. The summed E-state index contributed by atoms with van der Waals surface area (Å²) in [5.41, 5.74) is 8.89. The van der Waals surface area contributed by atoms with Crippen molar-refractivity contribution < 1.29 is 9.63 Å². The van der Waals surface area contributed by atoms with Gasteiger partial charge in [-0.05, 0) is 63.9 Å². The van der Waals surface area contributed by atoms with Crippen LogP contribution >= 0.6 is 0 Å². The van der Waals surface area contributed by atoms with Gasteiger partial charge < -0.3 is 31.1 Å². The Morgan fingerprint density at radius 1 is 0.951 bits per heavy atom. The van der Waals surface area contributed by atoms with Gasteiger partial charge in [-0.25, -0.2) is 9.78 Å². The number of anilines is 2. The minimum atomic E-state index is -0.429. The molecule has 41 heavy (non-hydrogen) atoms. The summed E-state index contributed by atoms with van der Waals surface area (Å²) >= 11 is 0. The zero-order valence-electron chi connectivity index (χ0n) is 24.0. The SMILES string of the molecule is C[C@@H](NC(=O)ON1CCC(Nc2nc(N[C@H]3CC[C@H](N)CC3)nc3c2ncn3C2CCCC2)CC1)c1ccccc1. The summed E-state index contributed by atoms with van der Waals surface area (Å²) in [4.78, 5) is 32.8. The van der Waals surface area contributed by atoms with Crippen LogP contribution in [-0.2, 0) is 4.84 Å². The first-order valence-electron chi connectivity index (χ1n) is 15.3. The van der Waals surface area contributed by atoms with E-state index in [1.54, 1.807) is 5.06 Å². The number of nitrogens with two attached hydrogens (primary N) is 1. The predicted octanol–water partition coefficient (Wildman–Crippen LogP) is 4.90. The van der Waals surface area contributed by atoms with Crippen LogP contribution < -0.4 is 21.7 Å². The highest BCUT2D eigenvalue weighted by Gasteiger charge is 2.27. The molecule has 0 unspecified atom stereocenters. The summed E-state index contributed by atoms with van der Waals surface area (Å²) in [5, 5.41) is 11.9.